The fraction of sp³-hybridized carbons (Fsp3) is 0.267. The minimum absolute atomic E-state index is 0.0559. The monoisotopic (exact) mass is 307 g/mol. The normalized spacial score (nSPS) is 9.48. The Balaban J connectivity index is 0.00000106. The minimum atomic E-state index is -0.424. The van der Waals surface area contributed by atoms with Gasteiger partial charge in [0.05, 0.1) is 18.5 Å². The van der Waals surface area contributed by atoms with Crippen LogP contribution in [0.4, 0.5) is 5.69 Å². The molecule has 0 aliphatic heterocycles. The molecular formula is C15H17NO4S. The maximum absolute atomic E-state index is 11.2. The molecule has 0 spiro atoms. The van der Waals surface area contributed by atoms with E-state index in [1.54, 1.807) is 12.1 Å². The van der Waals surface area contributed by atoms with Gasteiger partial charge in [0.1, 0.15) is 0 Å². The van der Waals surface area contributed by atoms with Gasteiger partial charge in [0, 0.05) is 21.9 Å². The molecule has 21 heavy (non-hydrogen) atoms. The standard InChI is InChI=1S/C13H11NO4S.C2H6/c1-18-13(15)8-11-5-6-12(19-11)9-3-2-4-10(7-9)14(16)17;1-2/h2-7H,8H2,1H3;1-2H3. The molecule has 5 nitrogen and oxygen atoms in total. The van der Waals surface area contributed by atoms with Crippen molar-refractivity contribution in [3.8, 4) is 10.4 Å². The molecule has 1 aromatic carbocycles. The number of hydrogen-bond donors (Lipinski definition) is 0. The van der Waals surface area contributed by atoms with Crippen LogP contribution < -0.4 is 0 Å². The van der Waals surface area contributed by atoms with E-state index in [0.29, 0.717) is 0 Å². The van der Waals surface area contributed by atoms with Gasteiger partial charge in [0.2, 0.25) is 0 Å². The third kappa shape index (κ3) is 4.68. The van der Waals surface area contributed by atoms with Crippen molar-refractivity contribution < 1.29 is 14.5 Å². The van der Waals surface area contributed by atoms with Crippen molar-refractivity contribution in [1.82, 2.24) is 0 Å². The molecule has 1 heterocycles. The van der Waals surface area contributed by atoms with Gasteiger partial charge < -0.3 is 4.74 Å². The van der Waals surface area contributed by atoms with Gasteiger partial charge in [-0.1, -0.05) is 26.0 Å². The smallest absolute Gasteiger partial charge is 0.310 e. The Labute approximate surface area is 127 Å². The van der Waals surface area contributed by atoms with E-state index in [1.165, 1.54) is 30.6 Å². The quantitative estimate of drug-likeness (QED) is 0.485. The lowest BCUT2D eigenvalue weighted by atomic mass is 10.1. The van der Waals surface area contributed by atoms with Crippen LogP contribution in [0.5, 0.6) is 0 Å². The summed E-state index contributed by atoms with van der Waals surface area (Å²) in [6.07, 6.45) is 0.218. The van der Waals surface area contributed by atoms with E-state index in [9.17, 15) is 14.9 Å². The van der Waals surface area contributed by atoms with E-state index < -0.39 is 4.92 Å². The number of carbonyl (C=O) groups is 1. The van der Waals surface area contributed by atoms with Crippen molar-refractivity contribution in [2.75, 3.05) is 7.11 Å². The second-order valence-electron chi connectivity index (χ2n) is 3.83. The predicted molar refractivity (Wildman–Crippen MR) is 83.5 cm³/mol. The maximum atomic E-state index is 11.2. The molecule has 0 saturated carbocycles. The number of ether oxygens (including phenoxy) is 1. The number of carbonyl (C=O) groups excluding carboxylic acids is 1. The number of nitro benzene ring substituents is 1. The molecule has 6 heteroatoms. The van der Waals surface area contributed by atoms with E-state index in [4.69, 9.17) is 0 Å². The molecule has 0 radical (unpaired) electrons. The van der Waals surface area contributed by atoms with E-state index in [1.807, 2.05) is 26.0 Å². The van der Waals surface area contributed by atoms with Gasteiger partial charge in [-0.3, -0.25) is 14.9 Å². The number of methoxy groups -OCH3 is 1. The first-order chi connectivity index (χ1) is 10.1. The second kappa shape index (κ2) is 8.16. The number of esters is 1. The van der Waals surface area contributed by atoms with Crippen LogP contribution in [0.25, 0.3) is 10.4 Å². The molecule has 2 aromatic rings. The third-order valence-corrected chi connectivity index (χ3v) is 3.68. The molecule has 2 rings (SSSR count). The number of nitrogens with zero attached hydrogens (tertiary/aromatic N) is 1. The van der Waals surface area contributed by atoms with Gasteiger partial charge in [-0.25, -0.2) is 0 Å². The lowest BCUT2D eigenvalue weighted by Crippen LogP contribution is -2.02. The number of non-ortho nitro benzene ring substituents is 1. The lowest BCUT2D eigenvalue weighted by Gasteiger charge is -1.97. The number of benzene rings is 1. The molecule has 0 unspecified atom stereocenters. The van der Waals surface area contributed by atoms with Crippen LogP contribution in [0.1, 0.15) is 18.7 Å². The van der Waals surface area contributed by atoms with E-state index in [2.05, 4.69) is 4.74 Å². The second-order valence-corrected chi connectivity index (χ2v) is 4.99. The fourth-order valence-electron chi connectivity index (χ4n) is 1.62. The highest BCUT2D eigenvalue weighted by molar-refractivity contribution is 7.15. The molecule has 0 fully saturated rings. The van der Waals surface area contributed by atoms with Crippen LogP contribution in [0.3, 0.4) is 0 Å². The summed E-state index contributed by atoms with van der Waals surface area (Å²) in [5.41, 5.74) is 0.829. The largest absolute Gasteiger partial charge is 0.469 e. The van der Waals surface area contributed by atoms with Crippen molar-refractivity contribution in [3.05, 3.63) is 51.4 Å². The first-order valence-corrected chi connectivity index (χ1v) is 7.32. The summed E-state index contributed by atoms with van der Waals surface area (Å²) in [5, 5.41) is 10.7. The van der Waals surface area contributed by atoms with Crippen LogP contribution in [0, 0.1) is 10.1 Å². The van der Waals surface area contributed by atoms with Crippen LogP contribution >= 0.6 is 11.3 Å². The molecule has 0 aliphatic rings. The molecule has 0 atom stereocenters. The third-order valence-electron chi connectivity index (χ3n) is 2.55. The highest BCUT2D eigenvalue weighted by Crippen LogP contribution is 2.30. The zero-order valence-electron chi connectivity index (χ0n) is 12.2. The van der Waals surface area contributed by atoms with Crippen LogP contribution in [0.15, 0.2) is 36.4 Å². The summed E-state index contributed by atoms with van der Waals surface area (Å²) < 4.78 is 4.60. The number of thiophene rings is 1. The van der Waals surface area contributed by atoms with Crippen molar-refractivity contribution in [3.63, 3.8) is 0 Å². The Morgan fingerprint density at radius 2 is 2.00 bits per heavy atom. The topological polar surface area (TPSA) is 69.4 Å². The van der Waals surface area contributed by atoms with Gasteiger partial charge in [-0.2, -0.15) is 0 Å². The molecule has 0 amide bonds. The average molecular weight is 307 g/mol. The van der Waals surface area contributed by atoms with Gasteiger partial charge in [0.15, 0.2) is 0 Å². The van der Waals surface area contributed by atoms with Crippen LogP contribution in [-0.4, -0.2) is 18.0 Å². The van der Waals surface area contributed by atoms with Crippen molar-refractivity contribution >= 4 is 23.0 Å². The summed E-state index contributed by atoms with van der Waals surface area (Å²) in [7, 11) is 1.34. The fourth-order valence-corrected chi connectivity index (χ4v) is 2.60. The summed E-state index contributed by atoms with van der Waals surface area (Å²) in [6, 6.07) is 10.1. The van der Waals surface area contributed by atoms with Gasteiger partial charge in [-0.15, -0.1) is 11.3 Å². The first-order valence-electron chi connectivity index (χ1n) is 6.50. The van der Waals surface area contributed by atoms with Crippen LogP contribution in [0.2, 0.25) is 0 Å². The Morgan fingerprint density at radius 1 is 1.29 bits per heavy atom. The molecule has 0 N–H and O–H groups in total. The zero-order valence-corrected chi connectivity index (χ0v) is 13.0. The summed E-state index contributed by atoms with van der Waals surface area (Å²) >= 11 is 1.43. The molecule has 0 saturated heterocycles. The Bertz CT molecular complexity index is 622. The average Bonchev–Trinajstić information content (AvgIpc) is 2.97. The minimum Gasteiger partial charge on any atom is -0.469 e. The predicted octanol–water partition coefficient (Wildman–Crippen LogP) is 4.07. The van der Waals surface area contributed by atoms with Gasteiger partial charge in [-0.05, 0) is 17.7 Å². The maximum Gasteiger partial charge on any atom is 0.310 e. The summed E-state index contributed by atoms with van der Waals surface area (Å²) in [5.74, 6) is -0.299. The summed E-state index contributed by atoms with van der Waals surface area (Å²) in [6.45, 7) is 4.00. The number of nitro groups is 1. The van der Waals surface area contributed by atoms with Gasteiger partial charge >= 0.3 is 5.97 Å². The number of rotatable bonds is 4. The molecular weight excluding hydrogens is 290 g/mol. The van der Waals surface area contributed by atoms with Gasteiger partial charge in [0.25, 0.3) is 5.69 Å². The number of hydrogen-bond acceptors (Lipinski definition) is 5. The highest BCUT2D eigenvalue weighted by Gasteiger charge is 2.10. The zero-order chi connectivity index (χ0) is 15.8. The lowest BCUT2D eigenvalue weighted by molar-refractivity contribution is -0.384. The van der Waals surface area contributed by atoms with Crippen molar-refractivity contribution in [2.45, 2.75) is 20.3 Å². The molecule has 112 valence electrons. The summed E-state index contributed by atoms with van der Waals surface area (Å²) in [4.78, 5) is 23.2. The molecule has 0 bridgehead atoms. The van der Waals surface area contributed by atoms with E-state index >= 15 is 0 Å². The highest BCUT2D eigenvalue weighted by atomic mass is 32.1. The molecule has 0 aliphatic carbocycles. The SMILES string of the molecule is CC.COC(=O)Cc1ccc(-c2cccc([N+](=O)[O-])c2)s1. The Hall–Kier alpha value is -2.21. The first kappa shape index (κ1) is 16.8. The van der Waals surface area contributed by atoms with E-state index in [-0.39, 0.29) is 18.1 Å². The van der Waals surface area contributed by atoms with Crippen LogP contribution in [-0.2, 0) is 16.0 Å². The Kier molecular flexibility index (Phi) is 6.55. The Morgan fingerprint density at radius 3 is 2.62 bits per heavy atom. The van der Waals surface area contributed by atoms with E-state index in [0.717, 1.165) is 15.3 Å². The van der Waals surface area contributed by atoms with Crippen molar-refractivity contribution in [2.24, 2.45) is 0 Å². The van der Waals surface area contributed by atoms with Crippen molar-refractivity contribution in [1.29, 1.82) is 0 Å². The molecule has 1 aromatic heterocycles.